The zero-order valence-corrected chi connectivity index (χ0v) is 12.2. The van der Waals surface area contributed by atoms with E-state index in [1.165, 1.54) is 36.1 Å². The second kappa shape index (κ2) is 6.37. The number of nitrogens with zero attached hydrogens (tertiary/aromatic N) is 4. The zero-order chi connectivity index (χ0) is 13.8. The molecule has 1 aliphatic carbocycles. The molecule has 2 aromatic rings. The maximum atomic E-state index is 5.56. The molecule has 1 aromatic carbocycles. The molecule has 0 amide bonds. The second-order valence-electron chi connectivity index (χ2n) is 5.13. The van der Waals surface area contributed by atoms with Crippen LogP contribution in [-0.4, -0.2) is 26.8 Å². The Hall–Kier alpha value is -1.40. The van der Waals surface area contributed by atoms with Crippen LogP contribution in [0, 0.1) is 0 Å². The Bertz CT molecular complexity index is 545. The first kappa shape index (κ1) is 13.6. The van der Waals surface area contributed by atoms with E-state index in [1.54, 1.807) is 11.8 Å². The van der Waals surface area contributed by atoms with Gasteiger partial charge in [0.15, 0.2) is 0 Å². The van der Waals surface area contributed by atoms with Crippen LogP contribution < -0.4 is 5.73 Å². The van der Waals surface area contributed by atoms with Gasteiger partial charge in [-0.3, -0.25) is 0 Å². The standard InChI is InChI=1S/C14H19N5S/c15-10-9-11-5-7-13(8-6-11)20-14-16-17-18-19(14)12-3-1-2-4-12/h5-8,12H,1-4,9-10,15H2. The van der Waals surface area contributed by atoms with Crippen LogP contribution in [0.2, 0.25) is 0 Å². The molecule has 0 aliphatic heterocycles. The van der Waals surface area contributed by atoms with Crippen molar-refractivity contribution in [1.29, 1.82) is 0 Å². The molecule has 1 heterocycles. The minimum absolute atomic E-state index is 0.476. The van der Waals surface area contributed by atoms with Crippen LogP contribution in [0.1, 0.15) is 37.3 Å². The average molecular weight is 289 g/mol. The van der Waals surface area contributed by atoms with Gasteiger partial charge in [-0.05, 0) is 65.7 Å². The number of rotatable bonds is 5. The van der Waals surface area contributed by atoms with Crippen LogP contribution in [-0.2, 0) is 6.42 Å². The predicted molar refractivity (Wildman–Crippen MR) is 78.6 cm³/mol. The van der Waals surface area contributed by atoms with Crippen molar-refractivity contribution in [2.45, 2.75) is 48.2 Å². The minimum Gasteiger partial charge on any atom is -0.330 e. The summed E-state index contributed by atoms with van der Waals surface area (Å²) in [5, 5.41) is 13.0. The van der Waals surface area contributed by atoms with E-state index in [4.69, 9.17) is 5.73 Å². The van der Waals surface area contributed by atoms with Crippen LogP contribution in [0.15, 0.2) is 34.3 Å². The molecule has 0 radical (unpaired) electrons. The molecule has 0 bridgehead atoms. The smallest absolute Gasteiger partial charge is 0.214 e. The van der Waals surface area contributed by atoms with Crippen molar-refractivity contribution in [2.75, 3.05) is 6.54 Å². The molecule has 0 unspecified atom stereocenters. The maximum absolute atomic E-state index is 5.56. The molecule has 20 heavy (non-hydrogen) atoms. The van der Waals surface area contributed by atoms with E-state index in [2.05, 4.69) is 39.8 Å². The summed E-state index contributed by atoms with van der Waals surface area (Å²) in [5.41, 5.74) is 6.83. The van der Waals surface area contributed by atoms with Gasteiger partial charge < -0.3 is 5.73 Å². The van der Waals surface area contributed by atoms with Crippen molar-refractivity contribution in [1.82, 2.24) is 20.2 Å². The Kier molecular flexibility index (Phi) is 4.32. The summed E-state index contributed by atoms with van der Waals surface area (Å²) in [6, 6.07) is 8.95. The topological polar surface area (TPSA) is 69.6 Å². The quantitative estimate of drug-likeness (QED) is 0.915. The summed E-state index contributed by atoms with van der Waals surface area (Å²) >= 11 is 1.63. The fraction of sp³-hybridized carbons (Fsp3) is 0.500. The molecule has 6 heteroatoms. The molecule has 1 aliphatic rings. The Morgan fingerprint density at radius 3 is 2.65 bits per heavy atom. The maximum Gasteiger partial charge on any atom is 0.214 e. The zero-order valence-electron chi connectivity index (χ0n) is 11.4. The van der Waals surface area contributed by atoms with Crippen LogP contribution >= 0.6 is 11.8 Å². The SMILES string of the molecule is NCCc1ccc(Sc2nnnn2C2CCCC2)cc1. The highest BCUT2D eigenvalue weighted by Gasteiger charge is 2.21. The van der Waals surface area contributed by atoms with Crippen LogP contribution in [0.4, 0.5) is 0 Å². The molecular weight excluding hydrogens is 270 g/mol. The molecule has 0 saturated heterocycles. The highest BCUT2D eigenvalue weighted by molar-refractivity contribution is 7.99. The Balaban J connectivity index is 1.72. The number of nitrogens with two attached hydrogens (primary N) is 1. The Morgan fingerprint density at radius 2 is 1.95 bits per heavy atom. The fourth-order valence-electron chi connectivity index (χ4n) is 2.63. The highest BCUT2D eigenvalue weighted by Crippen LogP contribution is 2.33. The Morgan fingerprint density at radius 1 is 1.20 bits per heavy atom. The average Bonchev–Trinajstić information content (AvgIpc) is 3.12. The molecule has 106 valence electrons. The molecule has 1 aromatic heterocycles. The molecule has 1 saturated carbocycles. The van der Waals surface area contributed by atoms with Crippen molar-refractivity contribution < 1.29 is 0 Å². The van der Waals surface area contributed by atoms with Gasteiger partial charge in [0.25, 0.3) is 0 Å². The summed E-state index contributed by atoms with van der Waals surface area (Å²) < 4.78 is 1.99. The number of hydrogen-bond donors (Lipinski definition) is 1. The van der Waals surface area contributed by atoms with E-state index in [0.29, 0.717) is 12.6 Å². The van der Waals surface area contributed by atoms with E-state index in [0.717, 1.165) is 11.6 Å². The summed E-state index contributed by atoms with van der Waals surface area (Å²) in [7, 11) is 0. The van der Waals surface area contributed by atoms with Gasteiger partial charge >= 0.3 is 0 Å². The van der Waals surface area contributed by atoms with Gasteiger partial charge in [0.05, 0.1) is 6.04 Å². The summed E-state index contributed by atoms with van der Waals surface area (Å²) in [5.74, 6) is 0. The first-order chi connectivity index (χ1) is 9.86. The number of hydrogen-bond acceptors (Lipinski definition) is 5. The van der Waals surface area contributed by atoms with Crippen molar-refractivity contribution in [3.8, 4) is 0 Å². The van der Waals surface area contributed by atoms with Crippen molar-refractivity contribution in [2.24, 2.45) is 5.73 Å². The highest BCUT2D eigenvalue weighted by atomic mass is 32.2. The lowest BCUT2D eigenvalue weighted by atomic mass is 10.2. The largest absolute Gasteiger partial charge is 0.330 e. The number of aromatic nitrogens is 4. The van der Waals surface area contributed by atoms with Gasteiger partial charge in [0, 0.05) is 4.90 Å². The third-order valence-corrected chi connectivity index (χ3v) is 4.66. The lowest BCUT2D eigenvalue weighted by Gasteiger charge is -2.10. The van der Waals surface area contributed by atoms with Crippen molar-refractivity contribution >= 4 is 11.8 Å². The van der Waals surface area contributed by atoms with E-state index < -0.39 is 0 Å². The van der Waals surface area contributed by atoms with E-state index in [-0.39, 0.29) is 0 Å². The second-order valence-corrected chi connectivity index (χ2v) is 6.17. The molecule has 5 nitrogen and oxygen atoms in total. The fourth-order valence-corrected chi connectivity index (χ4v) is 3.47. The first-order valence-corrected chi connectivity index (χ1v) is 7.93. The van der Waals surface area contributed by atoms with E-state index in [1.807, 2.05) is 4.68 Å². The lowest BCUT2D eigenvalue weighted by Crippen LogP contribution is -2.08. The molecule has 2 N–H and O–H groups in total. The molecular formula is C14H19N5S. The first-order valence-electron chi connectivity index (χ1n) is 7.11. The van der Waals surface area contributed by atoms with Gasteiger partial charge in [0.1, 0.15) is 0 Å². The van der Waals surface area contributed by atoms with Crippen molar-refractivity contribution in [3.63, 3.8) is 0 Å². The Labute approximate surface area is 122 Å². The van der Waals surface area contributed by atoms with Crippen molar-refractivity contribution in [3.05, 3.63) is 29.8 Å². The third kappa shape index (κ3) is 3.02. The number of tetrazole rings is 1. The van der Waals surface area contributed by atoms with Gasteiger partial charge in [-0.2, -0.15) is 0 Å². The third-order valence-electron chi connectivity index (χ3n) is 3.70. The van der Waals surface area contributed by atoms with Crippen LogP contribution in [0.3, 0.4) is 0 Å². The van der Waals surface area contributed by atoms with Crippen LogP contribution in [0.5, 0.6) is 0 Å². The molecule has 0 spiro atoms. The predicted octanol–water partition coefficient (Wildman–Crippen LogP) is 2.44. The summed E-state index contributed by atoms with van der Waals surface area (Å²) in [6.45, 7) is 0.687. The normalized spacial score (nSPS) is 15.8. The number of benzene rings is 1. The van der Waals surface area contributed by atoms with Crippen LogP contribution in [0.25, 0.3) is 0 Å². The van der Waals surface area contributed by atoms with Gasteiger partial charge in [-0.25, -0.2) is 4.68 Å². The molecule has 0 atom stereocenters. The molecule has 3 rings (SSSR count). The lowest BCUT2D eigenvalue weighted by molar-refractivity contribution is 0.423. The molecule has 1 fully saturated rings. The van der Waals surface area contributed by atoms with E-state index in [9.17, 15) is 0 Å². The van der Waals surface area contributed by atoms with Gasteiger partial charge in [-0.1, -0.05) is 25.0 Å². The van der Waals surface area contributed by atoms with Gasteiger partial charge in [-0.15, -0.1) is 5.10 Å². The summed E-state index contributed by atoms with van der Waals surface area (Å²) in [6.07, 6.45) is 5.86. The summed E-state index contributed by atoms with van der Waals surface area (Å²) in [4.78, 5) is 1.17. The van der Waals surface area contributed by atoms with Gasteiger partial charge in [0.2, 0.25) is 5.16 Å². The minimum atomic E-state index is 0.476. The monoisotopic (exact) mass is 289 g/mol. The van der Waals surface area contributed by atoms with E-state index >= 15 is 0 Å².